The van der Waals surface area contributed by atoms with E-state index in [0.717, 1.165) is 23.1 Å². The van der Waals surface area contributed by atoms with Gasteiger partial charge in [0.15, 0.2) is 11.5 Å². The number of fused-ring (bicyclic) bond motifs is 1. The largest absolute Gasteiger partial charge is 0.284 e. The van der Waals surface area contributed by atoms with Gasteiger partial charge in [0, 0.05) is 29.2 Å². The Morgan fingerprint density at radius 1 is 0.885 bits per heavy atom. The molecule has 0 aliphatic carbocycles. The Morgan fingerprint density at radius 3 is 2.31 bits per heavy atom. The fraction of sp³-hybridized carbons (Fsp3) is 0.0588. The molecule has 0 saturated heterocycles. The van der Waals surface area contributed by atoms with Gasteiger partial charge in [0.25, 0.3) is 0 Å². The van der Waals surface area contributed by atoms with Gasteiger partial charge in [0.2, 0.25) is 10.0 Å². The fourth-order valence-corrected chi connectivity index (χ4v) is 3.11. The minimum atomic E-state index is -3.30. The summed E-state index contributed by atoms with van der Waals surface area (Å²) in [5.41, 5.74) is 3.57. The average molecular weight is 366 g/mol. The maximum atomic E-state index is 11.3. The third-order valence-corrected chi connectivity index (χ3v) is 4.29. The van der Waals surface area contributed by atoms with E-state index in [1.165, 1.54) is 0 Å². The first-order valence-corrected chi connectivity index (χ1v) is 9.60. The lowest BCUT2D eigenvalue weighted by Gasteiger charge is -2.06. The maximum Gasteiger partial charge on any atom is 0.229 e. The van der Waals surface area contributed by atoms with Crippen LogP contribution in [0.4, 0.5) is 5.69 Å². The van der Waals surface area contributed by atoms with Crippen molar-refractivity contribution in [3.8, 4) is 22.6 Å². The molecule has 0 aliphatic heterocycles. The highest BCUT2D eigenvalue weighted by atomic mass is 32.2. The zero-order valence-corrected chi connectivity index (χ0v) is 14.6. The summed E-state index contributed by atoms with van der Waals surface area (Å²) >= 11 is 0. The van der Waals surface area contributed by atoms with Crippen LogP contribution in [0, 0.1) is 0 Å². The van der Waals surface area contributed by atoms with E-state index in [4.69, 9.17) is 0 Å². The number of benzene rings is 1. The van der Waals surface area contributed by atoms with Crippen molar-refractivity contribution < 1.29 is 8.42 Å². The van der Waals surface area contributed by atoms with Crippen LogP contribution >= 0.6 is 0 Å². The van der Waals surface area contributed by atoms with Gasteiger partial charge in [0.1, 0.15) is 0 Å². The van der Waals surface area contributed by atoms with Crippen molar-refractivity contribution in [1.29, 1.82) is 0 Å². The molecule has 0 atom stereocenters. The van der Waals surface area contributed by atoms with Gasteiger partial charge in [-0.15, -0.1) is 10.2 Å². The molecule has 0 radical (unpaired) electrons. The quantitative estimate of drug-likeness (QED) is 0.594. The molecule has 0 bridgehead atoms. The molecule has 0 spiro atoms. The predicted octanol–water partition coefficient (Wildman–Crippen LogP) is 2.22. The zero-order chi connectivity index (χ0) is 18.1. The first kappa shape index (κ1) is 16.2. The molecule has 0 fully saturated rings. The van der Waals surface area contributed by atoms with Crippen LogP contribution in [0.5, 0.6) is 0 Å². The van der Waals surface area contributed by atoms with Gasteiger partial charge in [-0.05, 0) is 36.4 Å². The van der Waals surface area contributed by atoms with Crippen LogP contribution in [0.25, 0.3) is 28.3 Å². The van der Waals surface area contributed by atoms with Crippen LogP contribution in [0.2, 0.25) is 0 Å². The first-order valence-electron chi connectivity index (χ1n) is 7.71. The number of sulfonamides is 1. The monoisotopic (exact) mass is 366 g/mol. The third-order valence-electron chi connectivity index (χ3n) is 3.69. The molecule has 0 aliphatic rings. The second kappa shape index (κ2) is 6.19. The Balaban J connectivity index is 1.73. The molecule has 0 unspecified atom stereocenters. The van der Waals surface area contributed by atoms with Gasteiger partial charge in [0.05, 0.1) is 11.9 Å². The highest BCUT2D eigenvalue weighted by molar-refractivity contribution is 7.92. The Morgan fingerprint density at radius 2 is 1.62 bits per heavy atom. The minimum Gasteiger partial charge on any atom is -0.284 e. The maximum absolute atomic E-state index is 11.3. The lowest BCUT2D eigenvalue weighted by atomic mass is 10.1. The van der Waals surface area contributed by atoms with E-state index in [9.17, 15) is 8.42 Å². The second-order valence-corrected chi connectivity index (χ2v) is 7.45. The van der Waals surface area contributed by atoms with Crippen molar-refractivity contribution in [2.45, 2.75) is 0 Å². The molecule has 0 saturated carbocycles. The third kappa shape index (κ3) is 3.24. The van der Waals surface area contributed by atoms with Gasteiger partial charge < -0.3 is 0 Å². The topological polar surface area (TPSA) is 102 Å². The minimum absolute atomic E-state index is 0.499. The molecular weight excluding hydrogens is 352 g/mol. The van der Waals surface area contributed by atoms with Gasteiger partial charge in [-0.25, -0.2) is 8.42 Å². The van der Waals surface area contributed by atoms with E-state index in [-0.39, 0.29) is 0 Å². The summed E-state index contributed by atoms with van der Waals surface area (Å²) in [6.07, 6.45) is 4.49. The van der Waals surface area contributed by atoms with Crippen molar-refractivity contribution in [2.24, 2.45) is 0 Å². The van der Waals surface area contributed by atoms with Gasteiger partial charge >= 0.3 is 0 Å². The number of aromatic nitrogens is 5. The standard InChI is InChI=1S/C17H14N6O2S/c1-26(24,25)22-14-4-2-12(3-5-14)15-6-7-16-19-20-17(23(16)21-15)13-8-10-18-11-9-13/h2-11,22H,1H3. The number of hydrogen-bond acceptors (Lipinski definition) is 6. The lowest BCUT2D eigenvalue weighted by molar-refractivity contribution is 0.607. The number of nitrogens with one attached hydrogen (secondary N) is 1. The van der Waals surface area contributed by atoms with Crippen LogP contribution < -0.4 is 4.72 Å². The summed E-state index contributed by atoms with van der Waals surface area (Å²) in [4.78, 5) is 4.01. The Kier molecular flexibility index (Phi) is 3.85. The lowest BCUT2D eigenvalue weighted by Crippen LogP contribution is -2.09. The molecule has 9 heteroatoms. The Bertz CT molecular complexity index is 1170. The SMILES string of the molecule is CS(=O)(=O)Nc1ccc(-c2ccc3nnc(-c4ccncc4)n3n2)cc1. The van der Waals surface area contributed by atoms with Crippen molar-refractivity contribution in [2.75, 3.05) is 11.0 Å². The van der Waals surface area contributed by atoms with Gasteiger partial charge in [-0.2, -0.15) is 9.61 Å². The van der Waals surface area contributed by atoms with Crippen molar-refractivity contribution >= 4 is 21.4 Å². The van der Waals surface area contributed by atoms with Crippen LogP contribution in [-0.2, 0) is 10.0 Å². The van der Waals surface area contributed by atoms with Crippen LogP contribution in [0.1, 0.15) is 0 Å². The summed E-state index contributed by atoms with van der Waals surface area (Å²) < 4.78 is 26.7. The van der Waals surface area contributed by atoms with E-state index in [2.05, 4.69) is 25.0 Å². The van der Waals surface area contributed by atoms with Gasteiger partial charge in [-0.3, -0.25) is 9.71 Å². The highest BCUT2D eigenvalue weighted by Crippen LogP contribution is 2.22. The molecule has 0 amide bonds. The first-order chi connectivity index (χ1) is 12.5. The van der Waals surface area contributed by atoms with E-state index in [0.29, 0.717) is 17.2 Å². The molecular formula is C17H14N6O2S. The van der Waals surface area contributed by atoms with Crippen LogP contribution in [0.15, 0.2) is 60.9 Å². The summed E-state index contributed by atoms with van der Waals surface area (Å²) in [5.74, 6) is 0.625. The molecule has 4 aromatic rings. The van der Waals surface area contributed by atoms with Crippen LogP contribution in [-0.4, -0.2) is 39.5 Å². The summed E-state index contributed by atoms with van der Waals surface area (Å²) in [6.45, 7) is 0. The molecule has 26 heavy (non-hydrogen) atoms. The molecule has 4 rings (SSSR count). The highest BCUT2D eigenvalue weighted by Gasteiger charge is 2.11. The molecule has 130 valence electrons. The molecule has 8 nitrogen and oxygen atoms in total. The zero-order valence-electron chi connectivity index (χ0n) is 13.7. The van der Waals surface area contributed by atoms with E-state index in [1.54, 1.807) is 41.2 Å². The Hall–Kier alpha value is -3.33. The van der Waals surface area contributed by atoms with Crippen molar-refractivity contribution in [3.05, 3.63) is 60.9 Å². The predicted molar refractivity (Wildman–Crippen MR) is 97.9 cm³/mol. The summed E-state index contributed by atoms with van der Waals surface area (Å²) in [5, 5.41) is 13.0. The normalized spacial score (nSPS) is 11.6. The smallest absolute Gasteiger partial charge is 0.229 e. The molecule has 1 aromatic carbocycles. The van der Waals surface area contributed by atoms with E-state index >= 15 is 0 Å². The summed E-state index contributed by atoms with van der Waals surface area (Å²) in [6, 6.07) is 14.4. The number of anilines is 1. The van der Waals surface area contributed by atoms with Crippen molar-refractivity contribution in [1.82, 2.24) is 24.8 Å². The van der Waals surface area contributed by atoms with Gasteiger partial charge in [-0.1, -0.05) is 12.1 Å². The number of hydrogen-bond donors (Lipinski definition) is 1. The number of pyridine rings is 1. The number of rotatable bonds is 4. The number of nitrogens with zero attached hydrogens (tertiary/aromatic N) is 5. The average Bonchev–Trinajstić information content (AvgIpc) is 3.05. The fourth-order valence-electron chi connectivity index (χ4n) is 2.55. The Labute approximate surface area is 149 Å². The van der Waals surface area contributed by atoms with Crippen molar-refractivity contribution in [3.63, 3.8) is 0 Å². The van der Waals surface area contributed by atoms with Crippen LogP contribution in [0.3, 0.4) is 0 Å². The van der Waals surface area contributed by atoms with E-state index < -0.39 is 10.0 Å². The summed E-state index contributed by atoms with van der Waals surface area (Å²) in [7, 11) is -3.30. The molecule has 3 aromatic heterocycles. The molecule has 1 N–H and O–H groups in total. The van der Waals surface area contributed by atoms with E-state index in [1.807, 2.05) is 24.3 Å². The second-order valence-electron chi connectivity index (χ2n) is 5.70. The molecule has 3 heterocycles.